The molecule has 4 bridgehead atoms. The van der Waals surface area contributed by atoms with Gasteiger partial charge in [0.15, 0.2) is 0 Å². The number of pyridine rings is 2. The highest BCUT2D eigenvalue weighted by molar-refractivity contribution is 5.89. The first-order valence-electron chi connectivity index (χ1n) is 13.0. The van der Waals surface area contributed by atoms with E-state index in [1.54, 1.807) is 12.4 Å². The van der Waals surface area contributed by atoms with Crippen LogP contribution in [0, 0.1) is 17.3 Å². The van der Waals surface area contributed by atoms with Gasteiger partial charge in [-0.25, -0.2) is 15.0 Å². The first-order chi connectivity index (χ1) is 18.4. The van der Waals surface area contributed by atoms with Crippen molar-refractivity contribution in [2.75, 3.05) is 11.5 Å². The zero-order valence-electron chi connectivity index (χ0n) is 20.6. The van der Waals surface area contributed by atoms with E-state index >= 15 is 0 Å². The van der Waals surface area contributed by atoms with E-state index in [1.807, 2.05) is 29.0 Å². The summed E-state index contributed by atoms with van der Waals surface area (Å²) in [5.74, 6) is 1.21. The topological polar surface area (TPSA) is 149 Å². The van der Waals surface area contributed by atoms with Crippen molar-refractivity contribution in [2.45, 2.75) is 37.0 Å². The van der Waals surface area contributed by atoms with Gasteiger partial charge in [0.2, 0.25) is 0 Å². The van der Waals surface area contributed by atoms with Gasteiger partial charge in [0, 0.05) is 40.5 Å². The van der Waals surface area contributed by atoms with Crippen LogP contribution in [-0.2, 0) is 6.42 Å². The molecule has 4 heterocycles. The molecular weight excluding hydrogens is 478 g/mol. The number of anilines is 2. The van der Waals surface area contributed by atoms with Gasteiger partial charge in [-0.05, 0) is 60.9 Å². The number of nitrogen functional groups attached to an aromatic ring is 2. The van der Waals surface area contributed by atoms with E-state index in [2.05, 4.69) is 44.2 Å². The summed E-state index contributed by atoms with van der Waals surface area (Å²) in [6, 6.07) is 13.9. The quantitative estimate of drug-likeness (QED) is 0.285. The van der Waals surface area contributed by atoms with Gasteiger partial charge in [-0.1, -0.05) is 18.2 Å². The van der Waals surface area contributed by atoms with Crippen molar-refractivity contribution < 1.29 is 10.2 Å². The smallest absolute Gasteiger partial charge is 0.145 e. The van der Waals surface area contributed by atoms with Crippen molar-refractivity contribution in [3.8, 4) is 11.1 Å². The van der Waals surface area contributed by atoms with Gasteiger partial charge < -0.3 is 26.2 Å². The third-order valence-electron chi connectivity index (χ3n) is 9.69. The zero-order chi connectivity index (χ0) is 25.8. The molecule has 5 aliphatic rings. The summed E-state index contributed by atoms with van der Waals surface area (Å²) in [4.78, 5) is 17.4. The molecule has 10 rings (SSSR count). The van der Waals surface area contributed by atoms with E-state index in [4.69, 9.17) is 11.5 Å². The molecule has 5 saturated carbocycles. The van der Waals surface area contributed by atoms with Gasteiger partial charge in [-0.15, -0.1) is 0 Å². The molecular formula is C29H27N7O2. The Kier molecular flexibility index (Phi) is 4.20. The Morgan fingerprint density at radius 1 is 1.08 bits per heavy atom. The Morgan fingerprint density at radius 3 is 2.82 bits per heavy atom. The molecule has 0 radical (unpaired) electrons. The normalized spacial score (nSPS) is 30.9. The highest BCUT2D eigenvalue weighted by Crippen LogP contribution is 2.83. The number of fused-ring (bicyclic) bond motifs is 2. The van der Waals surface area contributed by atoms with Crippen LogP contribution in [0.4, 0.5) is 11.6 Å². The molecule has 190 valence electrons. The highest BCUT2D eigenvalue weighted by Gasteiger charge is 2.88. The van der Waals surface area contributed by atoms with E-state index < -0.39 is 11.7 Å². The standard InChI is InChI=1S/C29H27N7O2/c30-24-18-6-9-36(26(18)34-14-33-24)23-22-20-12-28(22,27(37)29(20,23)38)7-5-15-3-4-16-11-19(17-2-1-8-32-13-17)25(31)35-21(16)10-15/h1-4,6,8-11,13-14,20,22-23,27,37-38H,5,7,12H2,(H2,31,35)(H2,30,33,34)/t20?,22-,23-,27-,28-,29-/m1/s1. The van der Waals surface area contributed by atoms with E-state index in [0.29, 0.717) is 17.3 Å². The predicted octanol–water partition coefficient (Wildman–Crippen LogP) is 3.12. The fourth-order valence-corrected chi connectivity index (χ4v) is 7.94. The summed E-state index contributed by atoms with van der Waals surface area (Å²) < 4.78 is 2.00. The van der Waals surface area contributed by atoms with E-state index in [0.717, 1.165) is 52.2 Å². The lowest BCUT2D eigenvalue weighted by Crippen LogP contribution is -2.63. The second kappa shape index (κ2) is 7.27. The van der Waals surface area contributed by atoms with Crippen LogP contribution in [0.15, 0.2) is 67.4 Å². The van der Waals surface area contributed by atoms with Crippen molar-refractivity contribution in [3.63, 3.8) is 0 Å². The Morgan fingerprint density at radius 2 is 1.97 bits per heavy atom. The summed E-state index contributed by atoms with van der Waals surface area (Å²) in [6.07, 6.45) is 8.54. The van der Waals surface area contributed by atoms with Crippen LogP contribution in [0.1, 0.15) is 24.4 Å². The van der Waals surface area contributed by atoms with Crippen LogP contribution < -0.4 is 11.5 Å². The minimum atomic E-state index is -1.14. The number of aromatic nitrogens is 5. The Hall–Kier alpha value is -4.08. The van der Waals surface area contributed by atoms with Gasteiger partial charge >= 0.3 is 0 Å². The Balaban J connectivity index is 1.08. The number of hydrogen-bond acceptors (Lipinski definition) is 8. The van der Waals surface area contributed by atoms with Crippen molar-refractivity contribution in [1.82, 2.24) is 24.5 Å². The lowest BCUT2D eigenvalue weighted by Gasteiger charge is -2.60. The Labute approximate surface area is 218 Å². The van der Waals surface area contributed by atoms with E-state index in [9.17, 15) is 10.2 Å². The number of nitrogens with zero attached hydrogens (tertiary/aromatic N) is 5. The van der Waals surface area contributed by atoms with Crippen LogP contribution in [0.2, 0.25) is 0 Å². The molecule has 0 spiro atoms. The van der Waals surface area contributed by atoms with Crippen LogP contribution in [-0.4, -0.2) is 46.4 Å². The van der Waals surface area contributed by atoms with Gasteiger partial charge in [0.1, 0.15) is 29.2 Å². The lowest BCUT2D eigenvalue weighted by atomic mass is 9.47. The molecule has 5 fully saturated rings. The van der Waals surface area contributed by atoms with Gasteiger partial charge in [-0.3, -0.25) is 4.98 Å². The third kappa shape index (κ3) is 2.57. The first-order valence-corrected chi connectivity index (χ1v) is 13.0. The summed E-state index contributed by atoms with van der Waals surface area (Å²) >= 11 is 0. The highest BCUT2D eigenvalue weighted by atomic mass is 16.4. The third-order valence-corrected chi connectivity index (χ3v) is 9.69. The molecule has 0 aliphatic heterocycles. The summed E-state index contributed by atoms with van der Waals surface area (Å²) in [6.45, 7) is 0. The lowest BCUT2D eigenvalue weighted by molar-refractivity contribution is -0.196. The van der Waals surface area contributed by atoms with E-state index in [1.165, 1.54) is 6.33 Å². The molecule has 0 saturated heterocycles. The van der Waals surface area contributed by atoms with Gasteiger partial charge in [-0.2, -0.15) is 0 Å². The van der Waals surface area contributed by atoms with Crippen LogP contribution in [0.25, 0.3) is 33.1 Å². The second-order valence-electron chi connectivity index (χ2n) is 11.2. The summed E-state index contributed by atoms with van der Waals surface area (Å²) in [5.41, 5.74) is 15.4. The monoisotopic (exact) mass is 505 g/mol. The van der Waals surface area contributed by atoms with E-state index in [-0.39, 0.29) is 23.3 Å². The number of aliphatic hydroxyl groups is 2. The van der Waals surface area contributed by atoms with Gasteiger partial charge in [0.05, 0.1) is 23.0 Å². The molecule has 5 aromatic rings. The largest absolute Gasteiger partial charge is 0.389 e. The summed E-state index contributed by atoms with van der Waals surface area (Å²) in [7, 11) is 0. The van der Waals surface area contributed by atoms with Crippen molar-refractivity contribution in [1.29, 1.82) is 0 Å². The SMILES string of the molecule is Nc1nc2cc(CC[C@@]34CC5[C@@H]3[C@@H](n3ccc6c(N)ncnc63)[C@@]5(O)[C@@H]4O)ccc2cc1-c1cccnc1. The minimum Gasteiger partial charge on any atom is -0.389 e. The van der Waals surface area contributed by atoms with Crippen molar-refractivity contribution in [2.24, 2.45) is 17.3 Å². The molecule has 6 atom stereocenters. The number of hydrogen-bond donors (Lipinski definition) is 4. The predicted molar refractivity (Wildman–Crippen MR) is 144 cm³/mol. The first kappa shape index (κ1) is 22.0. The molecule has 38 heavy (non-hydrogen) atoms. The van der Waals surface area contributed by atoms with Gasteiger partial charge in [0.25, 0.3) is 0 Å². The summed E-state index contributed by atoms with van der Waals surface area (Å²) in [5, 5.41) is 24.9. The van der Waals surface area contributed by atoms with Crippen LogP contribution in [0.5, 0.6) is 0 Å². The molecule has 9 heteroatoms. The molecule has 6 N–H and O–H groups in total. The molecule has 4 aromatic heterocycles. The second-order valence-corrected chi connectivity index (χ2v) is 11.2. The maximum atomic E-state index is 11.7. The Bertz CT molecular complexity index is 1750. The van der Waals surface area contributed by atoms with Crippen molar-refractivity contribution in [3.05, 3.63) is 72.9 Å². The van der Waals surface area contributed by atoms with Crippen LogP contribution >= 0.6 is 0 Å². The van der Waals surface area contributed by atoms with Crippen LogP contribution in [0.3, 0.4) is 0 Å². The molecule has 0 amide bonds. The van der Waals surface area contributed by atoms with Crippen molar-refractivity contribution >= 4 is 33.6 Å². The minimum absolute atomic E-state index is 0.114. The zero-order valence-corrected chi connectivity index (χ0v) is 20.6. The number of aliphatic hydroxyl groups excluding tert-OH is 1. The average Bonchev–Trinajstić information content (AvgIpc) is 3.53. The molecule has 9 nitrogen and oxygen atoms in total. The number of nitrogens with two attached hydrogens (primary N) is 2. The fraction of sp³-hybridized carbons (Fsp3) is 0.310. The maximum Gasteiger partial charge on any atom is 0.145 e. The molecule has 5 aliphatic carbocycles. The number of benzene rings is 1. The number of rotatable bonds is 5. The molecule has 1 aromatic carbocycles. The molecule has 1 unspecified atom stereocenters. The maximum absolute atomic E-state index is 11.7. The number of aryl methyl sites for hydroxylation is 1. The fourth-order valence-electron chi connectivity index (χ4n) is 7.94. The average molecular weight is 506 g/mol.